The minimum absolute atomic E-state index is 0.0459. The van der Waals surface area contributed by atoms with E-state index in [1.807, 2.05) is 0 Å². The van der Waals surface area contributed by atoms with Crippen molar-refractivity contribution in [2.24, 2.45) is 0 Å². The molecular weight excluding hydrogens is 463 g/mol. The maximum atomic E-state index is 13.7. The van der Waals surface area contributed by atoms with Gasteiger partial charge in [-0.15, -0.1) is 0 Å². The average Bonchev–Trinajstić information content (AvgIpc) is 2.86. The molecular formula is C16H11Br2FN2O2S. The lowest BCUT2D eigenvalue weighted by Gasteiger charge is -2.13. The molecule has 1 aliphatic rings. The van der Waals surface area contributed by atoms with E-state index in [2.05, 4.69) is 42.5 Å². The van der Waals surface area contributed by atoms with Crippen LogP contribution in [0.25, 0.3) is 6.08 Å². The Morgan fingerprint density at radius 1 is 1.29 bits per heavy atom. The predicted octanol–water partition coefficient (Wildman–Crippen LogP) is 4.66. The summed E-state index contributed by atoms with van der Waals surface area (Å²) < 4.78 is 15.0. The Morgan fingerprint density at radius 2 is 2.04 bits per heavy atom. The van der Waals surface area contributed by atoms with E-state index in [1.165, 1.54) is 17.8 Å². The van der Waals surface area contributed by atoms with Gasteiger partial charge in [-0.2, -0.15) is 0 Å². The number of amides is 1. The molecule has 0 aliphatic carbocycles. The number of hydrogen-bond acceptors (Lipinski definition) is 4. The van der Waals surface area contributed by atoms with Crippen LogP contribution in [0.1, 0.15) is 5.56 Å². The first kappa shape index (κ1) is 17.3. The highest BCUT2D eigenvalue weighted by molar-refractivity contribution is 9.11. The Kier molecular flexibility index (Phi) is 5.17. The molecule has 124 valence electrons. The molecule has 24 heavy (non-hydrogen) atoms. The number of hydrogen-bond donors (Lipinski definition) is 3. The van der Waals surface area contributed by atoms with Gasteiger partial charge in [-0.25, -0.2) is 4.39 Å². The highest BCUT2D eigenvalue weighted by atomic mass is 79.9. The van der Waals surface area contributed by atoms with Crippen LogP contribution < -0.4 is 10.6 Å². The maximum Gasteiger partial charge on any atom is 0.260 e. The SMILES string of the molecule is O=C1NC(Nc2ccccc2F)S/C1=C\c1cc(Br)cc(Br)c1O. The number of para-hydroxylation sites is 1. The van der Waals surface area contributed by atoms with Crippen LogP contribution in [0.3, 0.4) is 0 Å². The molecule has 4 nitrogen and oxygen atoms in total. The van der Waals surface area contributed by atoms with Crippen molar-refractivity contribution >= 4 is 61.3 Å². The molecule has 1 fully saturated rings. The molecule has 2 aromatic carbocycles. The second kappa shape index (κ2) is 7.16. The van der Waals surface area contributed by atoms with Crippen molar-refractivity contribution in [3.05, 3.63) is 61.6 Å². The molecule has 8 heteroatoms. The van der Waals surface area contributed by atoms with E-state index in [0.29, 0.717) is 20.6 Å². The van der Waals surface area contributed by atoms with Crippen LogP contribution in [0, 0.1) is 5.82 Å². The molecule has 1 atom stereocenters. The number of phenols is 1. The monoisotopic (exact) mass is 472 g/mol. The number of rotatable bonds is 3. The summed E-state index contributed by atoms with van der Waals surface area (Å²) in [6, 6.07) is 9.67. The topological polar surface area (TPSA) is 61.4 Å². The van der Waals surface area contributed by atoms with Crippen molar-refractivity contribution < 1.29 is 14.3 Å². The maximum absolute atomic E-state index is 13.7. The summed E-state index contributed by atoms with van der Waals surface area (Å²) in [7, 11) is 0. The zero-order valence-corrected chi connectivity index (χ0v) is 16.0. The van der Waals surface area contributed by atoms with E-state index in [9.17, 15) is 14.3 Å². The lowest BCUT2D eigenvalue weighted by atomic mass is 10.2. The van der Waals surface area contributed by atoms with Crippen molar-refractivity contribution in [2.75, 3.05) is 5.32 Å². The molecule has 1 heterocycles. The van der Waals surface area contributed by atoms with Crippen LogP contribution in [0.4, 0.5) is 10.1 Å². The van der Waals surface area contributed by atoms with Gasteiger partial charge >= 0.3 is 0 Å². The summed E-state index contributed by atoms with van der Waals surface area (Å²) in [5.41, 5.74) is 0.323. The van der Waals surface area contributed by atoms with Crippen molar-refractivity contribution in [1.82, 2.24) is 5.32 Å². The lowest BCUT2D eigenvalue weighted by molar-refractivity contribution is -0.116. The van der Waals surface area contributed by atoms with Crippen molar-refractivity contribution in [3.8, 4) is 5.75 Å². The van der Waals surface area contributed by atoms with Crippen molar-refractivity contribution in [2.45, 2.75) is 5.50 Å². The number of carbonyl (C=O) groups excluding carboxylic acids is 1. The first-order valence-electron chi connectivity index (χ1n) is 6.82. The van der Waals surface area contributed by atoms with Crippen LogP contribution in [0.2, 0.25) is 0 Å². The van der Waals surface area contributed by atoms with Crippen molar-refractivity contribution in [1.29, 1.82) is 0 Å². The fraction of sp³-hybridized carbons (Fsp3) is 0.0625. The molecule has 2 aromatic rings. The van der Waals surface area contributed by atoms with E-state index in [0.717, 1.165) is 4.47 Å². The van der Waals surface area contributed by atoms with Gasteiger partial charge in [0.15, 0.2) is 5.50 Å². The Labute approximate surface area is 158 Å². The van der Waals surface area contributed by atoms with Crippen LogP contribution in [0.5, 0.6) is 5.75 Å². The number of carbonyl (C=O) groups is 1. The fourth-order valence-corrected chi connectivity index (χ4v) is 4.35. The minimum atomic E-state index is -0.488. The molecule has 0 aromatic heterocycles. The predicted molar refractivity (Wildman–Crippen MR) is 101 cm³/mol. The fourth-order valence-electron chi connectivity index (χ4n) is 2.12. The van der Waals surface area contributed by atoms with E-state index >= 15 is 0 Å². The first-order chi connectivity index (χ1) is 11.4. The number of nitrogens with one attached hydrogen (secondary N) is 2. The second-order valence-corrected chi connectivity index (χ2v) is 7.85. The smallest absolute Gasteiger partial charge is 0.260 e. The second-order valence-electron chi connectivity index (χ2n) is 4.93. The Morgan fingerprint density at radius 3 is 2.79 bits per heavy atom. The molecule has 3 N–H and O–H groups in total. The summed E-state index contributed by atoms with van der Waals surface area (Å²) in [6.07, 6.45) is 1.59. The molecule has 1 amide bonds. The number of aromatic hydroxyl groups is 1. The van der Waals surface area contributed by atoms with Gasteiger partial charge in [-0.3, -0.25) is 4.79 Å². The number of thioether (sulfide) groups is 1. The quantitative estimate of drug-likeness (QED) is 0.567. The molecule has 0 bridgehead atoms. The van der Waals surface area contributed by atoms with Gasteiger partial charge in [0.05, 0.1) is 15.1 Å². The van der Waals surface area contributed by atoms with Gasteiger partial charge < -0.3 is 15.7 Å². The number of anilines is 1. The summed E-state index contributed by atoms with van der Waals surface area (Å²) in [5.74, 6) is -0.632. The van der Waals surface area contributed by atoms with Crippen LogP contribution in [0.15, 0.2) is 50.2 Å². The normalized spacial score (nSPS) is 18.7. The third-order valence-corrected chi connectivity index (χ3v) is 5.33. The molecule has 1 aliphatic heterocycles. The number of halogens is 3. The molecule has 0 saturated carbocycles. The highest BCUT2D eigenvalue weighted by Crippen LogP contribution is 2.36. The number of phenolic OH excluding ortho intramolecular Hbond substituents is 1. The molecule has 1 saturated heterocycles. The largest absolute Gasteiger partial charge is 0.506 e. The molecule has 3 rings (SSSR count). The lowest BCUT2D eigenvalue weighted by Crippen LogP contribution is -2.31. The molecule has 0 spiro atoms. The Balaban J connectivity index is 1.82. The van der Waals surface area contributed by atoms with Crippen LogP contribution >= 0.6 is 43.6 Å². The van der Waals surface area contributed by atoms with Crippen LogP contribution in [-0.4, -0.2) is 16.5 Å². The Bertz CT molecular complexity index is 845. The van der Waals surface area contributed by atoms with Gasteiger partial charge in [-0.1, -0.05) is 39.8 Å². The molecule has 1 unspecified atom stereocenters. The van der Waals surface area contributed by atoms with E-state index in [-0.39, 0.29) is 11.7 Å². The van der Waals surface area contributed by atoms with Gasteiger partial charge in [0.25, 0.3) is 5.91 Å². The Hall–Kier alpha value is -1.51. The molecule has 0 radical (unpaired) electrons. The van der Waals surface area contributed by atoms with Gasteiger partial charge in [0.1, 0.15) is 11.6 Å². The zero-order chi connectivity index (χ0) is 17.3. The van der Waals surface area contributed by atoms with E-state index in [4.69, 9.17) is 0 Å². The standard InChI is InChI=1S/C16H11Br2FN2O2S/c17-9-5-8(14(22)10(18)7-9)6-13-15(23)21-16(24-13)20-12-4-2-1-3-11(12)19/h1-7,16,20,22H,(H,21,23)/b13-6-. The van der Waals surface area contributed by atoms with E-state index in [1.54, 1.807) is 36.4 Å². The van der Waals surface area contributed by atoms with Gasteiger partial charge in [0, 0.05) is 10.0 Å². The van der Waals surface area contributed by atoms with Crippen molar-refractivity contribution in [3.63, 3.8) is 0 Å². The summed E-state index contributed by atoms with van der Waals surface area (Å²) >= 11 is 7.82. The third-order valence-electron chi connectivity index (χ3n) is 3.24. The first-order valence-corrected chi connectivity index (χ1v) is 9.29. The minimum Gasteiger partial charge on any atom is -0.506 e. The number of benzene rings is 2. The summed E-state index contributed by atoms with van der Waals surface area (Å²) in [6.45, 7) is 0. The highest BCUT2D eigenvalue weighted by Gasteiger charge is 2.28. The van der Waals surface area contributed by atoms with Crippen LogP contribution in [-0.2, 0) is 4.79 Å². The summed E-state index contributed by atoms with van der Waals surface area (Å²) in [4.78, 5) is 12.5. The zero-order valence-electron chi connectivity index (χ0n) is 12.0. The average molecular weight is 474 g/mol. The van der Waals surface area contributed by atoms with Gasteiger partial charge in [0.2, 0.25) is 0 Å². The third kappa shape index (κ3) is 3.76. The van der Waals surface area contributed by atoms with E-state index < -0.39 is 11.3 Å². The summed E-state index contributed by atoms with van der Waals surface area (Å²) in [5, 5.41) is 15.7. The van der Waals surface area contributed by atoms with Gasteiger partial charge in [-0.05, 0) is 46.3 Å².